The molecule has 0 amide bonds. The quantitative estimate of drug-likeness (QED) is 0.708. The number of rotatable bonds is 3. The minimum absolute atomic E-state index is 0.0629. The molecule has 1 heteroatoms. The van der Waals surface area contributed by atoms with E-state index in [1.165, 1.54) is 16.3 Å². The highest BCUT2D eigenvalue weighted by molar-refractivity contribution is 5.94. The summed E-state index contributed by atoms with van der Waals surface area (Å²) in [7, 11) is 0. The SMILES string of the molecule is C=C(Cc1cccc2ccccc12)C(C)=O. The molecular formula is C15H14O. The van der Waals surface area contributed by atoms with E-state index in [0.717, 1.165) is 0 Å². The zero-order valence-electron chi connectivity index (χ0n) is 9.36. The van der Waals surface area contributed by atoms with Gasteiger partial charge in [-0.1, -0.05) is 49.0 Å². The summed E-state index contributed by atoms with van der Waals surface area (Å²) in [6.07, 6.45) is 0.636. The third-order valence-electron chi connectivity index (χ3n) is 2.78. The summed E-state index contributed by atoms with van der Waals surface area (Å²) >= 11 is 0. The molecule has 0 fully saturated rings. The van der Waals surface area contributed by atoms with E-state index >= 15 is 0 Å². The van der Waals surface area contributed by atoms with Crippen LogP contribution >= 0.6 is 0 Å². The summed E-state index contributed by atoms with van der Waals surface area (Å²) in [5, 5.41) is 2.41. The third-order valence-corrected chi connectivity index (χ3v) is 2.78. The highest BCUT2D eigenvalue weighted by Gasteiger charge is 2.05. The molecule has 1 nitrogen and oxygen atoms in total. The Balaban J connectivity index is 2.45. The van der Waals surface area contributed by atoms with Crippen LogP contribution in [-0.2, 0) is 11.2 Å². The van der Waals surface area contributed by atoms with Gasteiger partial charge < -0.3 is 0 Å². The Hall–Kier alpha value is -1.89. The van der Waals surface area contributed by atoms with Crippen molar-refractivity contribution in [3.63, 3.8) is 0 Å². The molecule has 16 heavy (non-hydrogen) atoms. The van der Waals surface area contributed by atoms with Crippen LogP contribution in [0.4, 0.5) is 0 Å². The maximum atomic E-state index is 11.2. The van der Waals surface area contributed by atoms with Gasteiger partial charge in [0.15, 0.2) is 5.78 Å². The molecule has 0 spiro atoms. The molecule has 0 aliphatic carbocycles. The molecule has 0 aliphatic heterocycles. The number of carbonyl (C=O) groups excluding carboxylic acids is 1. The molecule has 2 rings (SSSR count). The fraction of sp³-hybridized carbons (Fsp3) is 0.133. The molecule has 0 bridgehead atoms. The van der Waals surface area contributed by atoms with E-state index < -0.39 is 0 Å². The lowest BCUT2D eigenvalue weighted by atomic mass is 9.98. The topological polar surface area (TPSA) is 17.1 Å². The van der Waals surface area contributed by atoms with Crippen molar-refractivity contribution in [1.82, 2.24) is 0 Å². The van der Waals surface area contributed by atoms with Gasteiger partial charge in [0.05, 0.1) is 0 Å². The van der Waals surface area contributed by atoms with Gasteiger partial charge in [0, 0.05) is 6.42 Å². The third kappa shape index (κ3) is 2.03. The number of ketones is 1. The van der Waals surface area contributed by atoms with Gasteiger partial charge >= 0.3 is 0 Å². The smallest absolute Gasteiger partial charge is 0.155 e. The fourth-order valence-electron chi connectivity index (χ4n) is 1.80. The number of benzene rings is 2. The largest absolute Gasteiger partial charge is 0.295 e. The van der Waals surface area contributed by atoms with Crippen LogP contribution in [0.25, 0.3) is 10.8 Å². The van der Waals surface area contributed by atoms with Crippen LogP contribution in [-0.4, -0.2) is 5.78 Å². The first-order valence-electron chi connectivity index (χ1n) is 5.34. The van der Waals surface area contributed by atoms with Gasteiger partial charge in [0.25, 0.3) is 0 Å². The number of allylic oxidation sites excluding steroid dienone is 1. The van der Waals surface area contributed by atoms with E-state index in [2.05, 4.69) is 30.8 Å². The monoisotopic (exact) mass is 210 g/mol. The van der Waals surface area contributed by atoms with Crippen molar-refractivity contribution in [2.45, 2.75) is 13.3 Å². The van der Waals surface area contributed by atoms with E-state index in [1.807, 2.05) is 18.2 Å². The van der Waals surface area contributed by atoms with Gasteiger partial charge in [0.2, 0.25) is 0 Å². The van der Waals surface area contributed by atoms with Crippen molar-refractivity contribution >= 4 is 16.6 Å². The summed E-state index contributed by atoms with van der Waals surface area (Å²) in [6, 6.07) is 14.3. The average Bonchev–Trinajstić information content (AvgIpc) is 2.29. The minimum Gasteiger partial charge on any atom is -0.295 e. The van der Waals surface area contributed by atoms with Crippen LogP contribution in [0.3, 0.4) is 0 Å². The maximum Gasteiger partial charge on any atom is 0.155 e. The Morgan fingerprint density at radius 1 is 1.12 bits per heavy atom. The number of fused-ring (bicyclic) bond motifs is 1. The highest BCUT2D eigenvalue weighted by atomic mass is 16.1. The summed E-state index contributed by atoms with van der Waals surface area (Å²) in [6.45, 7) is 5.37. The Morgan fingerprint density at radius 2 is 1.81 bits per heavy atom. The molecule has 0 heterocycles. The molecule has 0 aliphatic rings. The predicted octanol–water partition coefficient (Wildman–Crippen LogP) is 3.53. The van der Waals surface area contributed by atoms with Crippen molar-refractivity contribution < 1.29 is 4.79 Å². The van der Waals surface area contributed by atoms with E-state index in [4.69, 9.17) is 0 Å². The Morgan fingerprint density at radius 3 is 2.56 bits per heavy atom. The van der Waals surface area contributed by atoms with Gasteiger partial charge in [-0.2, -0.15) is 0 Å². The number of hydrogen-bond donors (Lipinski definition) is 0. The van der Waals surface area contributed by atoms with Crippen molar-refractivity contribution in [2.24, 2.45) is 0 Å². The fourth-order valence-corrected chi connectivity index (χ4v) is 1.80. The molecule has 80 valence electrons. The second-order valence-electron chi connectivity index (χ2n) is 3.97. The van der Waals surface area contributed by atoms with Crippen LogP contribution in [0.1, 0.15) is 12.5 Å². The van der Waals surface area contributed by atoms with E-state index in [9.17, 15) is 4.79 Å². The molecule has 0 aromatic heterocycles. The van der Waals surface area contributed by atoms with E-state index in [1.54, 1.807) is 6.92 Å². The second-order valence-corrected chi connectivity index (χ2v) is 3.97. The van der Waals surface area contributed by atoms with Crippen molar-refractivity contribution in [1.29, 1.82) is 0 Å². The first kappa shape index (κ1) is 10.6. The first-order valence-corrected chi connectivity index (χ1v) is 5.34. The first-order chi connectivity index (χ1) is 7.68. The lowest BCUT2D eigenvalue weighted by Crippen LogP contribution is -1.99. The van der Waals surface area contributed by atoms with Gasteiger partial charge in [0.1, 0.15) is 0 Å². The molecule has 0 unspecified atom stereocenters. The summed E-state index contributed by atoms with van der Waals surface area (Å²) < 4.78 is 0. The lowest BCUT2D eigenvalue weighted by Gasteiger charge is -2.06. The average molecular weight is 210 g/mol. The molecule has 0 saturated carbocycles. The van der Waals surface area contributed by atoms with Gasteiger partial charge in [-0.25, -0.2) is 0 Å². The summed E-state index contributed by atoms with van der Waals surface area (Å²) in [5.41, 5.74) is 1.83. The molecule has 2 aromatic rings. The van der Waals surface area contributed by atoms with Crippen LogP contribution in [0.2, 0.25) is 0 Å². The van der Waals surface area contributed by atoms with Crippen LogP contribution in [0, 0.1) is 0 Å². The normalized spacial score (nSPS) is 10.3. The zero-order valence-corrected chi connectivity index (χ0v) is 9.36. The Labute approximate surface area is 95.4 Å². The van der Waals surface area contributed by atoms with Crippen LogP contribution < -0.4 is 0 Å². The van der Waals surface area contributed by atoms with Gasteiger partial charge in [-0.05, 0) is 28.8 Å². The van der Waals surface area contributed by atoms with Crippen LogP contribution in [0.15, 0.2) is 54.6 Å². The van der Waals surface area contributed by atoms with Crippen molar-refractivity contribution in [3.05, 3.63) is 60.2 Å². The van der Waals surface area contributed by atoms with Gasteiger partial charge in [-0.3, -0.25) is 4.79 Å². The minimum atomic E-state index is 0.0629. The molecular weight excluding hydrogens is 196 g/mol. The Bertz CT molecular complexity index is 547. The molecule has 0 saturated heterocycles. The van der Waals surface area contributed by atoms with E-state index in [-0.39, 0.29) is 5.78 Å². The number of Topliss-reactive ketones (excluding diaryl/α,β-unsaturated/α-hetero) is 1. The molecule has 0 atom stereocenters. The van der Waals surface area contributed by atoms with Gasteiger partial charge in [-0.15, -0.1) is 0 Å². The number of carbonyl (C=O) groups is 1. The molecule has 2 aromatic carbocycles. The molecule has 0 N–H and O–H groups in total. The second kappa shape index (κ2) is 4.31. The number of hydrogen-bond acceptors (Lipinski definition) is 1. The summed E-state index contributed by atoms with van der Waals surface area (Å²) in [4.78, 5) is 11.2. The highest BCUT2D eigenvalue weighted by Crippen LogP contribution is 2.20. The Kier molecular flexibility index (Phi) is 2.86. The van der Waals surface area contributed by atoms with Crippen LogP contribution in [0.5, 0.6) is 0 Å². The van der Waals surface area contributed by atoms with Crippen molar-refractivity contribution in [3.8, 4) is 0 Å². The summed E-state index contributed by atoms with van der Waals surface area (Å²) in [5.74, 6) is 0.0629. The zero-order chi connectivity index (χ0) is 11.5. The van der Waals surface area contributed by atoms with Crippen molar-refractivity contribution in [2.75, 3.05) is 0 Å². The maximum absolute atomic E-state index is 11.2. The predicted molar refractivity (Wildman–Crippen MR) is 67.5 cm³/mol. The van der Waals surface area contributed by atoms with E-state index in [0.29, 0.717) is 12.0 Å². The lowest BCUT2D eigenvalue weighted by molar-refractivity contribution is -0.113. The standard InChI is InChI=1S/C15H14O/c1-11(12(2)16)10-14-8-5-7-13-6-3-4-9-15(13)14/h3-9H,1,10H2,2H3. The molecule has 0 radical (unpaired) electrons.